The van der Waals surface area contributed by atoms with Gasteiger partial charge in [-0.15, -0.1) is 0 Å². The molecule has 1 heterocycles. The number of nitrogens with two attached hydrogens (primary N) is 1. The summed E-state index contributed by atoms with van der Waals surface area (Å²) in [6.07, 6.45) is 7.17. The van der Waals surface area contributed by atoms with Gasteiger partial charge in [-0.1, -0.05) is 25.8 Å². The van der Waals surface area contributed by atoms with Crippen LogP contribution in [0.5, 0.6) is 0 Å². The van der Waals surface area contributed by atoms with Crippen LogP contribution in [-0.4, -0.2) is 11.6 Å². The minimum absolute atomic E-state index is 0.486. The van der Waals surface area contributed by atoms with E-state index in [0.29, 0.717) is 13.2 Å². The molecule has 1 aliphatic carbocycles. The first kappa shape index (κ1) is 13.5. The molecule has 0 radical (unpaired) electrons. The van der Waals surface area contributed by atoms with E-state index in [4.69, 9.17) is 10.5 Å². The third kappa shape index (κ3) is 3.79. The Morgan fingerprint density at radius 2 is 2.33 bits per heavy atom. The van der Waals surface area contributed by atoms with E-state index in [9.17, 15) is 0 Å². The number of nitrogens with zero attached hydrogens (tertiary/aromatic N) is 1. The molecule has 2 atom stereocenters. The van der Waals surface area contributed by atoms with Gasteiger partial charge in [0.25, 0.3) is 0 Å². The van der Waals surface area contributed by atoms with Crippen molar-refractivity contribution in [3.8, 4) is 0 Å². The number of hydrogen-bond acceptors (Lipinski definition) is 3. The summed E-state index contributed by atoms with van der Waals surface area (Å²) in [4.78, 5) is 4.27. The second-order valence-electron chi connectivity index (χ2n) is 5.47. The lowest BCUT2D eigenvalue weighted by Crippen LogP contribution is -2.18. The van der Waals surface area contributed by atoms with Crippen LogP contribution in [-0.2, 0) is 17.9 Å². The summed E-state index contributed by atoms with van der Waals surface area (Å²) < 4.78 is 5.85. The molecule has 2 unspecified atom stereocenters. The van der Waals surface area contributed by atoms with Gasteiger partial charge in [-0.2, -0.15) is 0 Å². The third-order valence-corrected chi connectivity index (χ3v) is 3.83. The standard InChI is InChI=1S/C15H24N2O/c1-12-4-2-5-13(8-12)10-18-11-14-6-3-7-17-15(14)9-16/h3,6-7,12-13H,2,4-5,8-11,16H2,1H3. The molecule has 1 fully saturated rings. The molecule has 2 rings (SSSR count). The van der Waals surface area contributed by atoms with Crippen LogP contribution in [0.15, 0.2) is 18.3 Å². The van der Waals surface area contributed by atoms with Gasteiger partial charge in [-0.25, -0.2) is 0 Å². The van der Waals surface area contributed by atoms with E-state index in [1.165, 1.54) is 25.7 Å². The Morgan fingerprint density at radius 1 is 1.44 bits per heavy atom. The maximum absolute atomic E-state index is 5.85. The zero-order valence-corrected chi connectivity index (χ0v) is 11.3. The highest BCUT2D eigenvalue weighted by Gasteiger charge is 2.18. The van der Waals surface area contributed by atoms with Crippen molar-refractivity contribution < 1.29 is 4.74 Å². The number of ether oxygens (including phenoxy) is 1. The van der Waals surface area contributed by atoms with Crippen molar-refractivity contribution in [2.24, 2.45) is 17.6 Å². The Bertz CT molecular complexity index is 367. The van der Waals surface area contributed by atoms with Gasteiger partial charge in [0.15, 0.2) is 0 Å². The molecule has 0 spiro atoms. The van der Waals surface area contributed by atoms with Crippen molar-refractivity contribution in [2.45, 2.75) is 45.8 Å². The summed E-state index contributed by atoms with van der Waals surface area (Å²) in [5.74, 6) is 1.61. The summed E-state index contributed by atoms with van der Waals surface area (Å²) in [5, 5.41) is 0. The van der Waals surface area contributed by atoms with Crippen LogP contribution in [0.3, 0.4) is 0 Å². The van der Waals surface area contributed by atoms with Crippen molar-refractivity contribution in [3.63, 3.8) is 0 Å². The topological polar surface area (TPSA) is 48.1 Å². The van der Waals surface area contributed by atoms with E-state index >= 15 is 0 Å². The minimum Gasteiger partial charge on any atom is -0.376 e. The van der Waals surface area contributed by atoms with Gasteiger partial charge in [0, 0.05) is 24.9 Å². The molecule has 0 aliphatic heterocycles. The smallest absolute Gasteiger partial charge is 0.0735 e. The number of aromatic nitrogens is 1. The first-order valence-electron chi connectivity index (χ1n) is 7.00. The maximum atomic E-state index is 5.85. The second kappa shape index (κ2) is 6.86. The van der Waals surface area contributed by atoms with E-state index in [1.807, 2.05) is 6.07 Å². The van der Waals surface area contributed by atoms with Gasteiger partial charge in [-0.3, -0.25) is 4.98 Å². The summed E-state index contributed by atoms with van der Waals surface area (Å²) in [7, 11) is 0. The Morgan fingerprint density at radius 3 is 3.11 bits per heavy atom. The van der Waals surface area contributed by atoms with Gasteiger partial charge in [0.2, 0.25) is 0 Å². The number of pyridine rings is 1. The fourth-order valence-corrected chi connectivity index (χ4v) is 2.83. The summed E-state index contributed by atoms with van der Waals surface area (Å²) >= 11 is 0. The highest BCUT2D eigenvalue weighted by atomic mass is 16.5. The highest BCUT2D eigenvalue weighted by Crippen LogP contribution is 2.28. The molecule has 0 amide bonds. The number of hydrogen-bond donors (Lipinski definition) is 1. The SMILES string of the molecule is CC1CCCC(COCc2cccnc2CN)C1. The molecule has 2 N–H and O–H groups in total. The molecule has 1 aromatic rings. The van der Waals surface area contributed by atoms with Gasteiger partial charge in [-0.05, 0) is 30.7 Å². The van der Waals surface area contributed by atoms with Crippen LogP contribution in [0.2, 0.25) is 0 Å². The molecule has 18 heavy (non-hydrogen) atoms. The fraction of sp³-hybridized carbons (Fsp3) is 0.667. The maximum Gasteiger partial charge on any atom is 0.0735 e. The van der Waals surface area contributed by atoms with Crippen LogP contribution >= 0.6 is 0 Å². The lowest BCUT2D eigenvalue weighted by Gasteiger charge is -2.26. The summed E-state index contributed by atoms with van der Waals surface area (Å²) in [6.45, 7) is 4.36. The van der Waals surface area contributed by atoms with Crippen molar-refractivity contribution in [1.29, 1.82) is 0 Å². The fourth-order valence-electron chi connectivity index (χ4n) is 2.83. The Hall–Kier alpha value is -0.930. The zero-order valence-electron chi connectivity index (χ0n) is 11.3. The first-order chi connectivity index (χ1) is 8.79. The van der Waals surface area contributed by atoms with Crippen molar-refractivity contribution in [2.75, 3.05) is 6.61 Å². The van der Waals surface area contributed by atoms with Gasteiger partial charge >= 0.3 is 0 Å². The second-order valence-corrected chi connectivity index (χ2v) is 5.47. The summed E-state index contributed by atoms with van der Waals surface area (Å²) in [6, 6.07) is 4.00. The largest absolute Gasteiger partial charge is 0.376 e. The molecule has 0 aromatic carbocycles. The van der Waals surface area contributed by atoms with Crippen molar-refractivity contribution in [3.05, 3.63) is 29.6 Å². The van der Waals surface area contributed by atoms with Crippen molar-refractivity contribution >= 4 is 0 Å². The molecular weight excluding hydrogens is 224 g/mol. The van der Waals surface area contributed by atoms with Crippen LogP contribution < -0.4 is 5.73 Å². The summed E-state index contributed by atoms with van der Waals surface area (Å²) in [5.41, 5.74) is 7.75. The molecule has 100 valence electrons. The average molecular weight is 248 g/mol. The molecule has 0 bridgehead atoms. The van der Waals surface area contributed by atoms with Crippen molar-refractivity contribution in [1.82, 2.24) is 4.98 Å². The molecule has 1 aliphatic rings. The van der Waals surface area contributed by atoms with Crippen LogP contribution in [0.1, 0.15) is 43.9 Å². The van der Waals surface area contributed by atoms with Gasteiger partial charge in [0.1, 0.15) is 0 Å². The lowest BCUT2D eigenvalue weighted by molar-refractivity contribution is 0.0652. The quantitative estimate of drug-likeness (QED) is 0.871. The monoisotopic (exact) mass is 248 g/mol. The predicted molar refractivity (Wildman–Crippen MR) is 72.9 cm³/mol. The first-order valence-corrected chi connectivity index (χ1v) is 7.00. The predicted octanol–water partition coefficient (Wildman–Crippen LogP) is 2.88. The lowest BCUT2D eigenvalue weighted by atomic mass is 9.83. The van der Waals surface area contributed by atoms with Gasteiger partial charge in [0.05, 0.1) is 12.3 Å². The number of rotatable bonds is 5. The van der Waals surface area contributed by atoms with Crippen LogP contribution in [0.4, 0.5) is 0 Å². The molecule has 0 saturated heterocycles. The normalized spacial score (nSPS) is 24.1. The highest BCUT2D eigenvalue weighted by molar-refractivity contribution is 5.18. The van der Waals surface area contributed by atoms with Crippen LogP contribution in [0.25, 0.3) is 0 Å². The van der Waals surface area contributed by atoms with E-state index < -0.39 is 0 Å². The average Bonchev–Trinajstić information content (AvgIpc) is 2.39. The van der Waals surface area contributed by atoms with E-state index in [1.54, 1.807) is 6.20 Å². The zero-order chi connectivity index (χ0) is 12.8. The Balaban J connectivity index is 1.77. The molecule has 1 saturated carbocycles. The minimum atomic E-state index is 0.486. The molecular formula is C15H24N2O. The third-order valence-electron chi connectivity index (χ3n) is 3.83. The van der Waals surface area contributed by atoms with E-state index in [0.717, 1.165) is 29.7 Å². The van der Waals surface area contributed by atoms with E-state index in [-0.39, 0.29) is 0 Å². The molecule has 1 aromatic heterocycles. The molecule has 3 heteroatoms. The Labute approximate surface area is 110 Å². The van der Waals surface area contributed by atoms with Gasteiger partial charge < -0.3 is 10.5 Å². The molecule has 3 nitrogen and oxygen atoms in total. The van der Waals surface area contributed by atoms with E-state index in [2.05, 4.69) is 18.0 Å². The van der Waals surface area contributed by atoms with Crippen LogP contribution in [0, 0.1) is 11.8 Å². The Kier molecular flexibility index (Phi) is 5.14.